The molecular formula is C8H15N3. The summed E-state index contributed by atoms with van der Waals surface area (Å²) in [7, 11) is 0. The molecule has 0 aliphatic rings. The third kappa shape index (κ3) is 1.60. The summed E-state index contributed by atoms with van der Waals surface area (Å²) in [6, 6.07) is 0.00833. The second-order valence-corrected chi connectivity index (χ2v) is 2.84. The number of nitrogens with zero attached hydrogens (tertiary/aromatic N) is 1. The molecule has 0 spiro atoms. The van der Waals surface area contributed by atoms with Gasteiger partial charge >= 0.3 is 0 Å². The van der Waals surface area contributed by atoms with Gasteiger partial charge in [-0.15, -0.1) is 0 Å². The minimum absolute atomic E-state index is 0.00833. The van der Waals surface area contributed by atoms with Crippen LogP contribution in [0, 0.1) is 6.92 Å². The van der Waals surface area contributed by atoms with Crippen molar-refractivity contribution in [2.24, 2.45) is 5.73 Å². The van der Waals surface area contributed by atoms with Crippen molar-refractivity contribution in [2.45, 2.75) is 33.2 Å². The minimum Gasteiger partial charge on any atom is -0.345 e. The van der Waals surface area contributed by atoms with Gasteiger partial charge in [0.05, 0.1) is 11.7 Å². The maximum atomic E-state index is 5.66. The first-order valence-electron chi connectivity index (χ1n) is 3.96. The number of nitrogens with two attached hydrogens (primary N) is 1. The molecule has 1 rings (SSSR count). The number of rotatable bonds is 2. The van der Waals surface area contributed by atoms with Gasteiger partial charge in [-0.3, -0.25) is 0 Å². The zero-order valence-electron chi connectivity index (χ0n) is 7.31. The van der Waals surface area contributed by atoms with Crippen molar-refractivity contribution in [3.8, 4) is 0 Å². The highest BCUT2D eigenvalue weighted by molar-refractivity contribution is 5.14. The van der Waals surface area contributed by atoms with Crippen LogP contribution in [0.15, 0.2) is 0 Å². The molecule has 3 N–H and O–H groups in total. The van der Waals surface area contributed by atoms with E-state index in [1.54, 1.807) is 0 Å². The van der Waals surface area contributed by atoms with Crippen LogP contribution in [-0.2, 0) is 6.42 Å². The van der Waals surface area contributed by atoms with Gasteiger partial charge in [0.25, 0.3) is 0 Å². The van der Waals surface area contributed by atoms with Crippen molar-refractivity contribution >= 4 is 0 Å². The monoisotopic (exact) mass is 153 g/mol. The Morgan fingerprint density at radius 3 is 2.55 bits per heavy atom. The molecule has 0 radical (unpaired) electrons. The Hall–Kier alpha value is -0.830. The summed E-state index contributed by atoms with van der Waals surface area (Å²) >= 11 is 0. The van der Waals surface area contributed by atoms with Gasteiger partial charge in [0, 0.05) is 5.69 Å². The van der Waals surface area contributed by atoms with E-state index in [4.69, 9.17) is 5.73 Å². The molecule has 11 heavy (non-hydrogen) atoms. The van der Waals surface area contributed by atoms with Crippen LogP contribution in [0.5, 0.6) is 0 Å². The maximum Gasteiger partial charge on any atom is 0.123 e. The molecule has 0 amide bonds. The number of H-pyrrole nitrogens is 1. The van der Waals surface area contributed by atoms with Gasteiger partial charge in [-0.2, -0.15) is 0 Å². The van der Waals surface area contributed by atoms with Crippen molar-refractivity contribution in [3.05, 3.63) is 17.2 Å². The van der Waals surface area contributed by atoms with E-state index in [2.05, 4.69) is 16.9 Å². The number of aromatic amines is 1. The molecule has 3 heteroatoms. The van der Waals surface area contributed by atoms with Gasteiger partial charge in [-0.05, 0) is 20.3 Å². The number of aromatic nitrogens is 2. The summed E-state index contributed by atoms with van der Waals surface area (Å²) < 4.78 is 0. The predicted octanol–water partition coefficient (Wildman–Crippen LogP) is 1.30. The van der Waals surface area contributed by atoms with Crippen LogP contribution in [0.3, 0.4) is 0 Å². The Labute approximate surface area is 67.0 Å². The van der Waals surface area contributed by atoms with E-state index in [1.807, 2.05) is 13.8 Å². The summed E-state index contributed by atoms with van der Waals surface area (Å²) in [4.78, 5) is 7.51. The molecule has 1 atom stereocenters. The molecule has 1 aromatic heterocycles. The zero-order chi connectivity index (χ0) is 8.43. The maximum absolute atomic E-state index is 5.66. The molecule has 1 aromatic rings. The third-order valence-corrected chi connectivity index (χ3v) is 1.77. The molecule has 0 saturated carbocycles. The molecule has 0 aliphatic heterocycles. The fraction of sp³-hybridized carbons (Fsp3) is 0.625. The highest BCUT2D eigenvalue weighted by atomic mass is 15.0. The molecule has 0 aliphatic carbocycles. The standard InChI is InChI=1S/C8H15N3/c1-4-7-6(3)10-8(11-7)5(2)9/h5H,4,9H2,1-3H3,(H,10,11). The highest BCUT2D eigenvalue weighted by Crippen LogP contribution is 2.09. The van der Waals surface area contributed by atoms with Crippen LogP contribution in [0.2, 0.25) is 0 Å². The molecule has 3 nitrogen and oxygen atoms in total. The minimum atomic E-state index is 0.00833. The normalized spacial score (nSPS) is 13.5. The van der Waals surface area contributed by atoms with E-state index in [0.29, 0.717) is 0 Å². The second kappa shape index (κ2) is 3.05. The molecule has 0 fully saturated rings. The van der Waals surface area contributed by atoms with Crippen molar-refractivity contribution in [1.29, 1.82) is 0 Å². The number of aryl methyl sites for hydroxylation is 2. The molecule has 0 saturated heterocycles. The van der Waals surface area contributed by atoms with Gasteiger partial charge in [-0.25, -0.2) is 4.98 Å². The van der Waals surface area contributed by atoms with E-state index in [-0.39, 0.29) is 6.04 Å². The van der Waals surface area contributed by atoms with Crippen LogP contribution in [0.25, 0.3) is 0 Å². The Morgan fingerprint density at radius 2 is 2.27 bits per heavy atom. The van der Waals surface area contributed by atoms with Crippen molar-refractivity contribution in [2.75, 3.05) is 0 Å². The largest absolute Gasteiger partial charge is 0.345 e. The highest BCUT2D eigenvalue weighted by Gasteiger charge is 2.06. The smallest absolute Gasteiger partial charge is 0.123 e. The van der Waals surface area contributed by atoms with E-state index in [9.17, 15) is 0 Å². The van der Waals surface area contributed by atoms with Crippen LogP contribution in [-0.4, -0.2) is 9.97 Å². The van der Waals surface area contributed by atoms with Crippen LogP contribution in [0.1, 0.15) is 37.1 Å². The lowest BCUT2D eigenvalue weighted by atomic mass is 10.3. The summed E-state index contributed by atoms with van der Waals surface area (Å²) in [5.74, 6) is 0.888. The SMILES string of the molecule is CCc1nc(C(C)N)[nH]c1C. The average molecular weight is 153 g/mol. The van der Waals surface area contributed by atoms with Crippen LogP contribution >= 0.6 is 0 Å². The zero-order valence-corrected chi connectivity index (χ0v) is 7.31. The third-order valence-electron chi connectivity index (χ3n) is 1.77. The van der Waals surface area contributed by atoms with Gasteiger partial charge in [0.2, 0.25) is 0 Å². The molecule has 0 aromatic carbocycles. The molecule has 1 heterocycles. The quantitative estimate of drug-likeness (QED) is 0.672. The Kier molecular flexibility index (Phi) is 2.29. The van der Waals surface area contributed by atoms with Crippen molar-refractivity contribution < 1.29 is 0 Å². The van der Waals surface area contributed by atoms with Gasteiger partial charge in [0.1, 0.15) is 5.82 Å². The molecular weight excluding hydrogens is 138 g/mol. The van der Waals surface area contributed by atoms with Crippen molar-refractivity contribution in [1.82, 2.24) is 9.97 Å². The van der Waals surface area contributed by atoms with Crippen LogP contribution < -0.4 is 5.73 Å². The van der Waals surface area contributed by atoms with E-state index < -0.39 is 0 Å². The van der Waals surface area contributed by atoms with Gasteiger partial charge in [0.15, 0.2) is 0 Å². The summed E-state index contributed by atoms with van der Waals surface area (Å²) in [6.07, 6.45) is 0.967. The lowest BCUT2D eigenvalue weighted by Gasteiger charge is -1.96. The Bertz CT molecular complexity index is 237. The second-order valence-electron chi connectivity index (χ2n) is 2.84. The number of hydrogen-bond donors (Lipinski definition) is 2. The first-order valence-corrected chi connectivity index (χ1v) is 3.96. The van der Waals surface area contributed by atoms with E-state index in [1.165, 1.54) is 0 Å². The first kappa shape index (κ1) is 8.27. The number of imidazole rings is 1. The fourth-order valence-electron chi connectivity index (χ4n) is 1.08. The number of hydrogen-bond acceptors (Lipinski definition) is 2. The van der Waals surface area contributed by atoms with E-state index in [0.717, 1.165) is 23.6 Å². The summed E-state index contributed by atoms with van der Waals surface area (Å²) in [5.41, 5.74) is 7.92. The molecule has 1 unspecified atom stereocenters. The van der Waals surface area contributed by atoms with Gasteiger partial charge in [-0.1, -0.05) is 6.92 Å². The van der Waals surface area contributed by atoms with Crippen molar-refractivity contribution in [3.63, 3.8) is 0 Å². The van der Waals surface area contributed by atoms with Gasteiger partial charge < -0.3 is 10.7 Å². The lowest BCUT2D eigenvalue weighted by Crippen LogP contribution is -2.06. The molecule has 62 valence electrons. The topological polar surface area (TPSA) is 54.7 Å². The Balaban J connectivity index is 2.95. The molecule has 0 bridgehead atoms. The Morgan fingerprint density at radius 1 is 1.64 bits per heavy atom. The fourth-order valence-corrected chi connectivity index (χ4v) is 1.08. The summed E-state index contributed by atoms with van der Waals surface area (Å²) in [6.45, 7) is 6.05. The lowest BCUT2D eigenvalue weighted by molar-refractivity contribution is 0.750. The summed E-state index contributed by atoms with van der Waals surface area (Å²) in [5, 5.41) is 0. The predicted molar refractivity (Wildman–Crippen MR) is 45.3 cm³/mol. The van der Waals surface area contributed by atoms with Crippen LogP contribution in [0.4, 0.5) is 0 Å². The number of nitrogens with one attached hydrogen (secondary N) is 1. The van der Waals surface area contributed by atoms with E-state index >= 15 is 0 Å². The average Bonchev–Trinajstić information content (AvgIpc) is 2.31. The first-order chi connectivity index (χ1) is 5.15.